The van der Waals surface area contributed by atoms with Crippen LogP contribution in [0, 0.1) is 11.8 Å². The minimum atomic E-state index is -1.59. The van der Waals surface area contributed by atoms with E-state index in [4.69, 9.17) is 5.73 Å². The lowest BCUT2D eigenvalue weighted by atomic mass is 9.76. The van der Waals surface area contributed by atoms with Gasteiger partial charge in [0.2, 0.25) is 0 Å². The van der Waals surface area contributed by atoms with Crippen molar-refractivity contribution in [3.05, 3.63) is 144 Å². The SMILES string of the molecule is NC(c1ccccc1)C(C(=O)c1ccccc1)C(O)C(O)C(Cc1ccccc1)C(=O)c1ccccc1. The van der Waals surface area contributed by atoms with Crippen LogP contribution < -0.4 is 5.73 Å². The van der Waals surface area contributed by atoms with Crippen LogP contribution in [0.1, 0.15) is 37.9 Å². The van der Waals surface area contributed by atoms with Crippen molar-refractivity contribution in [2.24, 2.45) is 17.6 Å². The summed E-state index contributed by atoms with van der Waals surface area (Å²) in [6.07, 6.45) is -2.94. The lowest BCUT2D eigenvalue weighted by Crippen LogP contribution is -2.48. The molecular weight excluding hydrogens is 462 g/mol. The topological polar surface area (TPSA) is 101 Å². The molecule has 0 spiro atoms. The van der Waals surface area contributed by atoms with Crippen molar-refractivity contribution in [1.82, 2.24) is 0 Å². The Morgan fingerprint density at radius 3 is 1.54 bits per heavy atom. The molecule has 0 aliphatic rings. The Hall–Kier alpha value is -3.90. The number of benzene rings is 4. The van der Waals surface area contributed by atoms with Crippen molar-refractivity contribution in [2.45, 2.75) is 24.7 Å². The Kier molecular flexibility index (Phi) is 8.75. The van der Waals surface area contributed by atoms with E-state index in [0.717, 1.165) is 5.56 Å². The molecule has 4 N–H and O–H groups in total. The van der Waals surface area contributed by atoms with Crippen LogP contribution in [0.15, 0.2) is 121 Å². The van der Waals surface area contributed by atoms with Crippen LogP contribution in [-0.2, 0) is 6.42 Å². The first kappa shape index (κ1) is 26.2. The molecule has 4 rings (SSSR count). The van der Waals surface area contributed by atoms with Gasteiger partial charge < -0.3 is 15.9 Å². The number of hydrogen-bond acceptors (Lipinski definition) is 5. The summed E-state index contributed by atoms with van der Waals surface area (Å²) in [6, 6.07) is 34.7. The number of nitrogens with two attached hydrogens (primary N) is 1. The molecule has 0 saturated carbocycles. The normalized spacial score (nSPS) is 15.2. The zero-order valence-electron chi connectivity index (χ0n) is 20.4. The average Bonchev–Trinajstić information content (AvgIpc) is 2.97. The van der Waals surface area contributed by atoms with Gasteiger partial charge in [0.05, 0.1) is 24.0 Å². The molecule has 0 aliphatic heterocycles. The van der Waals surface area contributed by atoms with Gasteiger partial charge in [-0.3, -0.25) is 9.59 Å². The Morgan fingerprint density at radius 1 is 0.595 bits per heavy atom. The Morgan fingerprint density at radius 2 is 1.03 bits per heavy atom. The highest BCUT2D eigenvalue weighted by Crippen LogP contribution is 2.31. The van der Waals surface area contributed by atoms with Crippen LogP contribution in [0.2, 0.25) is 0 Å². The highest BCUT2D eigenvalue weighted by atomic mass is 16.3. The second-order valence-electron chi connectivity index (χ2n) is 9.20. The molecule has 0 heterocycles. The number of ketones is 2. The highest BCUT2D eigenvalue weighted by molar-refractivity contribution is 6.00. The molecule has 0 aliphatic carbocycles. The molecule has 4 aromatic carbocycles. The van der Waals surface area contributed by atoms with Crippen LogP contribution in [0.4, 0.5) is 0 Å². The lowest BCUT2D eigenvalue weighted by molar-refractivity contribution is -0.0402. The summed E-state index contributed by atoms with van der Waals surface area (Å²) in [7, 11) is 0. The van der Waals surface area contributed by atoms with Gasteiger partial charge in [-0.2, -0.15) is 0 Å². The minimum Gasteiger partial charge on any atom is -0.390 e. The van der Waals surface area contributed by atoms with Crippen molar-refractivity contribution in [1.29, 1.82) is 0 Å². The molecule has 0 amide bonds. The van der Waals surface area contributed by atoms with Crippen molar-refractivity contribution in [3.63, 3.8) is 0 Å². The van der Waals surface area contributed by atoms with Crippen LogP contribution in [0.5, 0.6) is 0 Å². The summed E-state index contributed by atoms with van der Waals surface area (Å²) in [4.78, 5) is 27.3. The van der Waals surface area contributed by atoms with Gasteiger partial charge in [-0.05, 0) is 17.5 Å². The van der Waals surface area contributed by atoms with Crippen LogP contribution in [0.3, 0.4) is 0 Å². The van der Waals surface area contributed by atoms with Crippen molar-refractivity contribution >= 4 is 11.6 Å². The zero-order chi connectivity index (χ0) is 26.2. The fourth-order valence-electron chi connectivity index (χ4n) is 4.71. The average molecular weight is 494 g/mol. The first-order valence-electron chi connectivity index (χ1n) is 12.4. The maximum Gasteiger partial charge on any atom is 0.170 e. The fourth-order valence-corrected chi connectivity index (χ4v) is 4.71. The second kappa shape index (κ2) is 12.4. The van der Waals surface area contributed by atoms with E-state index in [0.29, 0.717) is 16.7 Å². The third-order valence-corrected chi connectivity index (χ3v) is 6.76. The first-order chi connectivity index (χ1) is 18.0. The largest absolute Gasteiger partial charge is 0.390 e. The van der Waals surface area contributed by atoms with Gasteiger partial charge >= 0.3 is 0 Å². The van der Waals surface area contributed by atoms with Crippen molar-refractivity contribution in [2.75, 3.05) is 0 Å². The molecule has 4 aromatic rings. The number of carbonyl (C=O) groups excluding carboxylic acids is 2. The molecule has 5 heteroatoms. The number of carbonyl (C=O) groups is 2. The van der Waals surface area contributed by atoms with Gasteiger partial charge in [0.25, 0.3) is 0 Å². The minimum absolute atomic E-state index is 0.194. The Labute approximate surface area is 217 Å². The predicted molar refractivity (Wildman–Crippen MR) is 144 cm³/mol. The van der Waals surface area contributed by atoms with Gasteiger partial charge in [0.1, 0.15) is 0 Å². The molecular formula is C32H31NO4. The summed E-state index contributed by atoms with van der Waals surface area (Å²) < 4.78 is 0. The molecule has 0 aromatic heterocycles. The molecule has 5 atom stereocenters. The molecule has 5 unspecified atom stereocenters. The number of aliphatic hydroxyl groups excluding tert-OH is 2. The summed E-state index contributed by atoms with van der Waals surface area (Å²) in [6.45, 7) is 0. The molecule has 188 valence electrons. The molecule has 37 heavy (non-hydrogen) atoms. The number of aliphatic hydroxyl groups is 2. The molecule has 5 nitrogen and oxygen atoms in total. The fraction of sp³-hybridized carbons (Fsp3) is 0.188. The highest BCUT2D eigenvalue weighted by Gasteiger charge is 2.42. The van der Waals surface area contributed by atoms with E-state index in [1.165, 1.54) is 0 Å². The Balaban J connectivity index is 1.72. The van der Waals surface area contributed by atoms with Crippen molar-refractivity contribution in [3.8, 4) is 0 Å². The molecule has 0 radical (unpaired) electrons. The maximum atomic E-state index is 13.7. The lowest BCUT2D eigenvalue weighted by Gasteiger charge is -2.34. The van der Waals surface area contributed by atoms with Crippen LogP contribution >= 0.6 is 0 Å². The zero-order valence-corrected chi connectivity index (χ0v) is 20.4. The van der Waals surface area contributed by atoms with Gasteiger partial charge in [0, 0.05) is 17.2 Å². The van der Waals surface area contributed by atoms with E-state index in [-0.39, 0.29) is 12.2 Å². The van der Waals surface area contributed by atoms with E-state index in [9.17, 15) is 19.8 Å². The second-order valence-corrected chi connectivity index (χ2v) is 9.20. The summed E-state index contributed by atoms with van der Waals surface area (Å²) in [5, 5.41) is 23.1. The monoisotopic (exact) mass is 493 g/mol. The quantitative estimate of drug-likeness (QED) is 0.264. The molecule has 0 saturated heterocycles. The summed E-state index contributed by atoms with van der Waals surface area (Å²) in [5.74, 6) is -2.88. The van der Waals surface area contributed by atoms with Crippen LogP contribution in [-0.4, -0.2) is 34.0 Å². The van der Waals surface area contributed by atoms with Gasteiger partial charge in [-0.25, -0.2) is 0 Å². The van der Waals surface area contributed by atoms with Gasteiger partial charge in [-0.1, -0.05) is 121 Å². The first-order valence-corrected chi connectivity index (χ1v) is 12.4. The van der Waals surface area contributed by atoms with E-state index in [1.54, 1.807) is 78.9 Å². The van der Waals surface area contributed by atoms with E-state index < -0.39 is 35.9 Å². The summed E-state index contributed by atoms with van der Waals surface area (Å²) >= 11 is 0. The Bertz CT molecular complexity index is 1280. The third-order valence-electron chi connectivity index (χ3n) is 6.76. The van der Waals surface area contributed by atoms with E-state index >= 15 is 0 Å². The third kappa shape index (κ3) is 6.27. The van der Waals surface area contributed by atoms with E-state index in [1.807, 2.05) is 42.5 Å². The smallest absolute Gasteiger partial charge is 0.170 e. The maximum absolute atomic E-state index is 13.7. The standard InChI is InChI=1S/C32H31NO4/c33-28(23-15-7-2-8-16-23)27(30(35)25-19-11-4-12-20-25)32(37)31(36)26(21-22-13-5-1-6-14-22)29(34)24-17-9-3-10-18-24/h1-20,26-28,31-32,36-37H,21,33H2. The van der Waals surface area contributed by atoms with Crippen LogP contribution in [0.25, 0.3) is 0 Å². The van der Waals surface area contributed by atoms with Gasteiger partial charge in [0.15, 0.2) is 11.6 Å². The molecule has 0 fully saturated rings. The predicted octanol–water partition coefficient (Wildman–Crippen LogP) is 4.65. The number of rotatable bonds is 11. The molecule has 0 bridgehead atoms. The van der Waals surface area contributed by atoms with E-state index in [2.05, 4.69) is 0 Å². The summed E-state index contributed by atoms with van der Waals surface area (Å²) in [5.41, 5.74) is 8.86. The number of hydrogen-bond donors (Lipinski definition) is 3. The van der Waals surface area contributed by atoms with Gasteiger partial charge in [-0.15, -0.1) is 0 Å². The number of Topliss-reactive ketones (excluding diaryl/α,β-unsaturated/α-hetero) is 2. The van der Waals surface area contributed by atoms with Crippen molar-refractivity contribution < 1.29 is 19.8 Å².